The number of carbonyl (C=O) groups is 3. The maximum atomic E-state index is 12.5. The summed E-state index contributed by atoms with van der Waals surface area (Å²) in [6.45, 7) is 6.24. The number of rotatable bonds is 7. The van der Waals surface area contributed by atoms with Crippen LogP contribution in [0.25, 0.3) is 0 Å². The van der Waals surface area contributed by atoms with Crippen molar-refractivity contribution in [2.24, 2.45) is 0 Å². The Morgan fingerprint density at radius 3 is 2.25 bits per heavy atom. The molecule has 0 aromatic heterocycles. The van der Waals surface area contributed by atoms with Gasteiger partial charge in [0.25, 0.3) is 5.91 Å². The van der Waals surface area contributed by atoms with Gasteiger partial charge in [-0.3, -0.25) is 14.4 Å². The van der Waals surface area contributed by atoms with Crippen molar-refractivity contribution in [1.82, 2.24) is 5.32 Å². The van der Waals surface area contributed by atoms with E-state index in [0.29, 0.717) is 28.7 Å². The number of ketones is 2. The van der Waals surface area contributed by atoms with Crippen molar-refractivity contribution in [1.29, 1.82) is 0 Å². The summed E-state index contributed by atoms with van der Waals surface area (Å²) >= 11 is 6.21. The molecule has 0 saturated carbocycles. The highest BCUT2D eigenvalue weighted by molar-refractivity contribution is 6.24. The zero-order chi connectivity index (χ0) is 21.1. The normalized spacial score (nSPS) is 18.2. The number of benzene rings is 1. The lowest BCUT2D eigenvalue weighted by atomic mass is 9.82. The van der Waals surface area contributed by atoms with Crippen LogP contribution in [0.3, 0.4) is 0 Å². The topological polar surface area (TPSA) is 83.5 Å². The number of halogens is 1. The average Bonchev–Trinajstić information content (AvgIpc) is 2.65. The third-order valence-electron chi connectivity index (χ3n) is 5.21. The van der Waals surface area contributed by atoms with Crippen LogP contribution in [-0.4, -0.2) is 33.7 Å². The molecule has 0 spiro atoms. The van der Waals surface area contributed by atoms with Gasteiger partial charge in [0.1, 0.15) is 11.1 Å². The molecule has 28 heavy (non-hydrogen) atoms. The fourth-order valence-electron chi connectivity index (χ4n) is 3.11. The number of allylic oxidation sites excluding steroid dienone is 4. The van der Waals surface area contributed by atoms with Crippen molar-refractivity contribution in [3.05, 3.63) is 58.2 Å². The zero-order valence-electron chi connectivity index (χ0n) is 16.6. The van der Waals surface area contributed by atoms with E-state index in [1.807, 2.05) is 30.3 Å². The van der Waals surface area contributed by atoms with Crippen LogP contribution in [0, 0.1) is 0 Å². The first-order chi connectivity index (χ1) is 13.0. The minimum atomic E-state index is -1.72. The summed E-state index contributed by atoms with van der Waals surface area (Å²) in [5, 5.41) is 13.2. The molecule has 0 aliphatic heterocycles. The Hall–Kier alpha value is -2.24. The van der Waals surface area contributed by atoms with Crippen molar-refractivity contribution >= 4 is 29.1 Å². The third kappa shape index (κ3) is 4.97. The maximum Gasteiger partial charge on any atom is 0.252 e. The molecule has 2 rings (SSSR count). The second kappa shape index (κ2) is 8.84. The van der Waals surface area contributed by atoms with Gasteiger partial charge in [-0.15, -0.1) is 0 Å². The highest BCUT2D eigenvalue weighted by Gasteiger charge is 2.34. The van der Waals surface area contributed by atoms with Gasteiger partial charge < -0.3 is 10.4 Å². The molecular formula is C22H26ClNO4. The molecule has 1 amide bonds. The Morgan fingerprint density at radius 2 is 1.64 bits per heavy atom. The first-order valence-electron chi connectivity index (χ1n) is 9.22. The van der Waals surface area contributed by atoms with Crippen LogP contribution >= 0.6 is 11.6 Å². The van der Waals surface area contributed by atoms with E-state index >= 15 is 0 Å². The Morgan fingerprint density at radius 1 is 1.07 bits per heavy atom. The molecule has 0 fully saturated rings. The van der Waals surface area contributed by atoms with Crippen molar-refractivity contribution < 1.29 is 19.5 Å². The van der Waals surface area contributed by atoms with Gasteiger partial charge in [-0.1, -0.05) is 41.9 Å². The molecule has 0 heterocycles. The quantitative estimate of drug-likeness (QED) is 0.416. The molecule has 2 unspecified atom stereocenters. The van der Waals surface area contributed by atoms with E-state index in [1.54, 1.807) is 20.8 Å². The predicted octanol–water partition coefficient (Wildman–Crippen LogP) is 3.25. The molecule has 1 aromatic rings. The minimum Gasteiger partial charge on any atom is -0.380 e. The average molecular weight is 404 g/mol. The number of hydrogen-bond donors (Lipinski definition) is 2. The van der Waals surface area contributed by atoms with Gasteiger partial charge in [-0.05, 0) is 46.1 Å². The minimum absolute atomic E-state index is 0.00575. The molecule has 0 bridgehead atoms. The van der Waals surface area contributed by atoms with Gasteiger partial charge in [0.15, 0.2) is 11.6 Å². The van der Waals surface area contributed by atoms with Crippen molar-refractivity contribution in [2.75, 3.05) is 0 Å². The molecular weight excluding hydrogens is 378 g/mol. The van der Waals surface area contributed by atoms with E-state index in [-0.39, 0.29) is 24.4 Å². The third-order valence-corrected chi connectivity index (χ3v) is 5.47. The first-order valence-corrected chi connectivity index (χ1v) is 9.66. The lowest BCUT2D eigenvalue weighted by Crippen LogP contribution is -2.47. The molecule has 1 aliphatic rings. The highest BCUT2D eigenvalue weighted by atomic mass is 35.5. The predicted molar refractivity (Wildman–Crippen MR) is 109 cm³/mol. The largest absolute Gasteiger partial charge is 0.380 e. The summed E-state index contributed by atoms with van der Waals surface area (Å²) < 4.78 is 0. The monoisotopic (exact) mass is 403 g/mol. The molecule has 1 aromatic carbocycles. The summed E-state index contributed by atoms with van der Waals surface area (Å²) in [7, 11) is 0. The van der Waals surface area contributed by atoms with Gasteiger partial charge in [0.05, 0.1) is 0 Å². The van der Waals surface area contributed by atoms with Gasteiger partial charge in [-0.25, -0.2) is 0 Å². The summed E-state index contributed by atoms with van der Waals surface area (Å²) in [6, 6.07) is 9.46. The Labute approximate surface area is 170 Å². The Bertz CT molecular complexity index is 853. The molecule has 5 nitrogen and oxygen atoms in total. The number of carbonyl (C=O) groups excluding carboxylic acids is 3. The SMILES string of the molecule is CC1=C(C)C(=O)C(CCC(C)(O)C(=O)NC(Cl)Cc2ccccc2)=C(C)C1=O. The summed E-state index contributed by atoms with van der Waals surface area (Å²) in [6.07, 6.45) is 0.559. The van der Waals surface area contributed by atoms with Gasteiger partial charge in [0.2, 0.25) is 0 Å². The van der Waals surface area contributed by atoms with Crippen molar-refractivity contribution in [2.45, 2.75) is 58.1 Å². The fraction of sp³-hybridized carbons (Fsp3) is 0.409. The number of alkyl halides is 1. The van der Waals surface area contributed by atoms with Gasteiger partial charge >= 0.3 is 0 Å². The summed E-state index contributed by atoms with van der Waals surface area (Å²) in [5.74, 6) is -0.982. The smallest absolute Gasteiger partial charge is 0.252 e. The van der Waals surface area contributed by atoms with Gasteiger partial charge in [0, 0.05) is 28.7 Å². The highest BCUT2D eigenvalue weighted by Crippen LogP contribution is 2.29. The molecule has 0 saturated heterocycles. The number of amides is 1. The van der Waals surface area contributed by atoms with E-state index < -0.39 is 17.0 Å². The lowest BCUT2D eigenvalue weighted by molar-refractivity contribution is -0.139. The fourth-order valence-corrected chi connectivity index (χ4v) is 3.39. The van der Waals surface area contributed by atoms with Crippen LogP contribution in [0.2, 0.25) is 0 Å². The molecule has 150 valence electrons. The Balaban J connectivity index is 2.00. The van der Waals surface area contributed by atoms with Crippen LogP contribution in [0.4, 0.5) is 0 Å². The molecule has 0 radical (unpaired) electrons. The van der Waals surface area contributed by atoms with E-state index in [2.05, 4.69) is 5.32 Å². The van der Waals surface area contributed by atoms with Crippen LogP contribution in [0.5, 0.6) is 0 Å². The summed E-state index contributed by atoms with van der Waals surface area (Å²) in [5.41, 5.74) is 0.168. The van der Waals surface area contributed by atoms with E-state index in [0.717, 1.165) is 5.56 Å². The van der Waals surface area contributed by atoms with E-state index in [4.69, 9.17) is 11.6 Å². The van der Waals surface area contributed by atoms with Crippen LogP contribution in [-0.2, 0) is 20.8 Å². The van der Waals surface area contributed by atoms with Crippen molar-refractivity contribution in [3.63, 3.8) is 0 Å². The van der Waals surface area contributed by atoms with Crippen molar-refractivity contribution in [3.8, 4) is 0 Å². The number of aliphatic hydroxyl groups is 1. The van der Waals surface area contributed by atoms with E-state index in [9.17, 15) is 19.5 Å². The van der Waals surface area contributed by atoms with Crippen LogP contribution in [0.1, 0.15) is 46.1 Å². The molecule has 2 atom stereocenters. The first kappa shape index (κ1) is 22.1. The zero-order valence-corrected chi connectivity index (χ0v) is 17.4. The van der Waals surface area contributed by atoms with Gasteiger partial charge in [-0.2, -0.15) is 0 Å². The lowest BCUT2D eigenvalue weighted by Gasteiger charge is -2.26. The van der Waals surface area contributed by atoms with Crippen LogP contribution in [0.15, 0.2) is 52.6 Å². The van der Waals surface area contributed by atoms with E-state index in [1.165, 1.54) is 6.92 Å². The Kier molecular flexibility index (Phi) is 6.96. The summed E-state index contributed by atoms with van der Waals surface area (Å²) in [4.78, 5) is 37.2. The second-order valence-electron chi connectivity index (χ2n) is 7.42. The van der Waals surface area contributed by atoms with Crippen LogP contribution < -0.4 is 5.32 Å². The maximum absolute atomic E-state index is 12.5. The molecule has 1 aliphatic carbocycles. The second-order valence-corrected chi connectivity index (χ2v) is 7.94. The number of Topliss-reactive ketones (excluding diaryl/α,β-unsaturated/α-hetero) is 2. The molecule has 6 heteroatoms. The standard InChI is InChI=1S/C22H26ClNO4/c1-13-14(2)20(26)17(15(3)19(13)25)10-11-22(4,28)21(27)24-18(23)12-16-8-6-5-7-9-16/h5-9,18,28H,10-12H2,1-4H3,(H,24,27). The number of hydrogen-bond acceptors (Lipinski definition) is 4. The number of nitrogens with one attached hydrogen (secondary N) is 1. The molecule has 2 N–H and O–H groups in total.